The van der Waals surface area contributed by atoms with Crippen molar-refractivity contribution in [2.24, 2.45) is 0 Å². The SMILES string of the molecule is Cc1cc(F)cc(-c2noc(C(C)N3CCNCC3)n2)c1. The molecular weight excluding hydrogens is 271 g/mol. The van der Waals surface area contributed by atoms with Gasteiger partial charge in [0.2, 0.25) is 11.7 Å². The summed E-state index contributed by atoms with van der Waals surface area (Å²) in [5.74, 6) is 0.731. The zero-order valence-electron chi connectivity index (χ0n) is 12.3. The summed E-state index contributed by atoms with van der Waals surface area (Å²) >= 11 is 0. The molecule has 1 atom stereocenters. The van der Waals surface area contributed by atoms with Crippen LogP contribution in [0.3, 0.4) is 0 Å². The first-order chi connectivity index (χ1) is 10.1. The molecule has 1 aromatic heterocycles. The highest BCUT2D eigenvalue weighted by molar-refractivity contribution is 5.55. The average molecular weight is 290 g/mol. The Bertz CT molecular complexity index is 602. The molecule has 0 saturated carbocycles. The second kappa shape index (κ2) is 5.91. The van der Waals surface area contributed by atoms with Gasteiger partial charge in [0.1, 0.15) is 5.82 Å². The van der Waals surface area contributed by atoms with Gasteiger partial charge in [0.15, 0.2) is 0 Å². The molecular formula is C15H19FN4O. The summed E-state index contributed by atoms with van der Waals surface area (Å²) in [6.07, 6.45) is 0. The van der Waals surface area contributed by atoms with E-state index in [1.54, 1.807) is 0 Å². The minimum Gasteiger partial charge on any atom is -0.337 e. The normalized spacial score (nSPS) is 17.9. The zero-order valence-corrected chi connectivity index (χ0v) is 12.3. The number of aryl methyl sites for hydroxylation is 1. The molecule has 21 heavy (non-hydrogen) atoms. The van der Waals surface area contributed by atoms with Gasteiger partial charge in [0, 0.05) is 31.7 Å². The van der Waals surface area contributed by atoms with Crippen LogP contribution in [0.5, 0.6) is 0 Å². The van der Waals surface area contributed by atoms with Crippen molar-refractivity contribution in [3.8, 4) is 11.4 Å². The van der Waals surface area contributed by atoms with Crippen molar-refractivity contribution < 1.29 is 8.91 Å². The minimum atomic E-state index is -0.286. The first-order valence-corrected chi connectivity index (χ1v) is 7.19. The van der Waals surface area contributed by atoms with Crippen LogP contribution in [0.25, 0.3) is 11.4 Å². The molecule has 5 nitrogen and oxygen atoms in total. The molecule has 1 N–H and O–H groups in total. The van der Waals surface area contributed by atoms with Crippen LogP contribution in [0.4, 0.5) is 4.39 Å². The van der Waals surface area contributed by atoms with E-state index in [2.05, 4.69) is 27.3 Å². The van der Waals surface area contributed by atoms with Gasteiger partial charge in [-0.1, -0.05) is 5.16 Å². The Morgan fingerprint density at radius 3 is 2.76 bits per heavy atom. The highest BCUT2D eigenvalue weighted by Gasteiger charge is 2.23. The summed E-state index contributed by atoms with van der Waals surface area (Å²) in [4.78, 5) is 6.73. The van der Waals surface area contributed by atoms with E-state index in [4.69, 9.17) is 4.52 Å². The second-order valence-corrected chi connectivity index (χ2v) is 5.44. The smallest absolute Gasteiger partial charge is 0.244 e. The summed E-state index contributed by atoms with van der Waals surface area (Å²) < 4.78 is 18.8. The van der Waals surface area contributed by atoms with Crippen molar-refractivity contribution >= 4 is 0 Å². The number of hydrogen-bond donors (Lipinski definition) is 1. The largest absolute Gasteiger partial charge is 0.337 e. The number of nitrogens with one attached hydrogen (secondary N) is 1. The molecule has 2 aromatic rings. The molecule has 0 spiro atoms. The third kappa shape index (κ3) is 3.11. The quantitative estimate of drug-likeness (QED) is 0.938. The van der Waals surface area contributed by atoms with Crippen molar-refractivity contribution in [2.45, 2.75) is 19.9 Å². The van der Waals surface area contributed by atoms with Crippen LogP contribution in [-0.2, 0) is 0 Å². The van der Waals surface area contributed by atoms with Crippen LogP contribution in [0.2, 0.25) is 0 Å². The van der Waals surface area contributed by atoms with E-state index in [9.17, 15) is 4.39 Å². The lowest BCUT2D eigenvalue weighted by Gasteiger charge is -2.30. The molecule has 1 unspecified atom stereocenters. The van der Waals surface area contributed by atoms with Gasteiger partial charge in [0.25, 0.3) is 0 Å². The van der Waals surface area contributed by atoms with Crippen molar-refractivity contribution in [3.05, 3.63) is 35.5 Å². The zero-order chi connectivity index (χ0) is 14.8. The van der Waals surface area contributed by atoms with Crippen LogP contribution in [-0.4, -0.2) is 41.2 Å². The molecule has 0 bridgehead atoms. The molecule has 1 aliphatic rings. The molecule has 2 heterocycles. The molecule has 0 radical (unpaired) electrons. The number of aromatic nitrogens is 2. The number of hydrogen-bond acceptors (Lipinski definition) is 5. The summed E-state index contributed by atoms with van der Waals surface area (Å²) in [5, 5.41) is 7.30. The molecule has 112 valence electrons. The Hall–Kier alpha value is -1.79. The lowest BCUT2D eigenvalue weighted by atomic mass is 10.1. The minimum absolute atomic E-state index is 0.0722. The van der Waals surface area contributed by atoms with Gasteiger partial charge >= 0.3 is 0 Å². The van der Waals surface area contributed by atoms with Crippen molar-refractivity contribution in [1.82, 2.24) is 20.4 Å². The van der Waals surface area contributed by atoms with Gasteiger partial charge in [-0.15, -0.1) is 0 Å². The van der Waals surface area contributed by atoms with Gasteiger partial charge in [-0.25, -0.2) is 4.39 Å². The van der Waals surface area contributed by atoms with Crippen LogP contribution in [0, 0.1) is 12.7 Å². The third-order valence-electron chi connectivity index (χ3n) is 3.80. The fourth-order valence-electron chi connectivity index (χ4n) is 2.61. The Kier molecular flexibility index (Phi) is 3.98. The second-order valence-electron chi connectivity index (χ2n) is 5.44. The summed E-state index contributed by atoms with van der Waals surface area (Å²) in [7, 11) is 0. The van der Waals surface area contributed by atoms with E-state index in [0.717, 1.165) is 31.7 Å². The maximum Gasteiger partial charge on any atom is 0.244 e. The lowest BCUT2D eigenvalue weighted by molar-refractivity contribution is 0.154. The highest BCUT2D eigenvalue weighted by Crippen LogP contribution is 2.23. The van der Waals surface area contributed by atoms with E-state index >= 15 is 0 Å². The Balaban J connectivity index is 1.82. The fourth-order valence-corrected chi connectivity index (χ4v) is 2.61. The van der Waals surface area contributed by atoms with Gasteiger partial charge in [-0.05, 0) is 37.6 Å². The highest BCUT2D eigenvalue weighted by atomic mass is 19.1. The number of piperazine rings is 1. The van der Waals surface area contributed by atoms with E-state index in [1.165, 1.54) is 12.1 Å². The maximum atomic E-state index is 13.5. The Morgan fingerprint density at radius 2 is 2.05 bits per heavy atom. The van der Waals surface area contributed by atoms with Gasteiger partial charge in [-0.2, -0.15) is 4.98 Å². The van der Waals surface area contributed by atoms with Gasteiger partial charge in [0.05, 0.1) is 6.04 Å². The number of rotatable bonds is 3. The van der Waals surface area contributed by atoms with Crippen LogP contribution in [0.15, 0.2) is 22.7 Å². The molecule has 3 rings (SSSR count). The molecule has 6 heteroatoms. The van der Waals surface area contributed by atoms with Crippen LogP contribution in [0.1, 0.15) is 24.4 Å². The predicted octanol–water partition coefficient (Wildman–Crippen LogP) is 2.15. The number of nitrogens with zero attached hydrogens (tertiary/aromatic N) is 3. The molecule has 1 aliphatic heterocycles. The maximum absolute atomic E-state index is 13.5. The average Bonchev–Trinajstić information content (AvgIpc) is 2.96. The first-order valence-electron chi connectivity index (χ1n) is 7.19. The van der Waals surface area contributed by atoms with E-state index in [-0.39, 0.29) is 11.9 Å². The van der Waals surface area contributed by atoms with Crippen molar-refractivity contribution in [1.29, 1.82) is 0 Å². The Morgan fingerprint density at radius 1 is 1.29 bits per heavy atom. The summed E-state index contributed by atoms with van der Waals surface area (Å²) in [6, 6.07) is 4.83. The predicted molar refractivity (Wildman–Crippen MR) is 77.3 cm³/mol. The molecule has 1 fully saturated rings. The summed E-state index contributed by atoms with van der Waals surface area (Å²) in [5.41, 5.74) is 1.49. The van der Waals surface area contributed by atoms with Gasteiger partial charge in [-0.3, -0.25) is 4.90 Å². The van der Waals surface area contributed by atoms with E-state index in [0.29, 0.717) is 17.3 Å². The van der Waals surface area contributed by atoms with Crippen molar-refractivity contribution in [3.63, 3.8) is 0 Å². The Labute approximate surface area is 123 Å². The van der Waals surface area contributed by atoms with Gasteiger partial charge < -0.3 is 9.84 Å². The topological polar surface area (TPSA) is 54.2 Å². The van der Waals surface area contributed by atoms with Crippen molar-refractivity contribution in [2.75, 3.05) is 26.2 Å². The molecule has 1 aromatic carbocycles. The fraction of sp³-hybridized carbons (Fsp3) is 0.467. The third-order valence-corrected chi connectivity index (χ3v) is 3.80. The van der Waals surface area contributed by atoms with E-state index in [1.807, 2.05) is 13.0 Å². The first kappa shape index (κ1) is 14.2. The molecule has 1 saturated heterocycles. The van der Waals surface area contributed by atoms with Crippen LogP contribution < -0.4 is 5.32 Å². The number of benzene rings is 1. The van der Waals surface area contributed by atoms with E-state index < -0.39 is 0 Å². The molecule has 0 aliphatic carbocycles. The number of halogens is 1. The summed E-state index contributed by atoms with van der Waals surface area (Å²) in [6.45, 7) is 7.75. The van der Waals surface area contributed by atoms with Crippen LogP contribution >= 0.6 is 0 Å². The lowest BCUT2D eigenvalue weighted by Crippen LogP contribution is -2.44. The molecule has 0 amide bonds. The standard InChI is InChI=1S/C15H19FN4O/c1-10-7-12(9-13(16)8-10)14-18-15(21-19-14)11(2)20-5-3-17-4-6-20/h7-9,11,17H,3-6H2,1-2H3. The monoisotopic (exact) mass is 290 g/mol.